The molecule has 1 aromatic carbocycles. The summed E-state index contributed by atoms with van der Waals surface area (Å²) >= 11 is 6.34. The first-order chi connectivity index (χ1) is 12.1. The normalized spacial score (nSPS) is 29.5. The van der Waals surface area contributed by atoms with Gasteiger partial charge in [0.15, 0.2) is 0 Å². The van der Waals surface area contributed by atoms with Crippen molar-refractivity contribution in [1.29, 1.82) is 0 Å². The summed E-state index contributed by atoms with van der Waals surface area (Å²) in [6.45, 7) is 1.78. The highest BCUT2D eigenvalue weighted by Crippen LogP contribution is 2.44. The Morgan fingerprint density at radius 3 is 2.52 bits per heavy atom. The van der Waals surface area contributed by atoms with Crippen molar-refractivity contribution >= 4 is 11.6 Å². The molecule has 1 aliphatic heterocycles. The summed E-state index contributed by atoms with van der Waals surface area (Å²) in [5.74, 6) is 1.43. The molecule has 3 atom stereocenters. The summed E-state index contributed by atoms with van der Waals surface area (Å²) in [6.07, 6.45) is 4.46. The molecule has 1 aliphatic carbocycles. The Hall–Kier alpha value is -1.01. The van der Waals surface area contributed by atoms with E-state index in [1.165, 1.54) is 0 Å². The number of nitrogens with zero attached hydrogens (tertiary/aromatic N) is 1. The van der Waals surface area contributed by atoms with Crippen LogP contribution in [0, 0.1) is 0 Å². The molecule has 1 aromatic rings. The van der Waals surface area contributed by atoms with Crippen LogP contribution in [0.25, 0.3) is 0 Å². The van der Waals surface area contributed by atoms with Crippen molar-refractivity contribution < 1.29 is 18.9 Å². The first-order valence-electron chi connectivity index (χ1n) is 8.79. The summed E-state index contributed by atoms with van der Waals surface area (Å²) in [5.41, 5.74) is 1.01. The van der Waals surface area contributed by atoms with Crippen molar-refractivity contribution in [2.24, 2.45) is 0 Å². The predicted octanol–water partition coefficient (Wildman–Crippen LogP) is 3.52. The van der Waals surface area contributed by atoms with Crippen LogP contribution in [0.5, 0.6) is 11.5 Å². The van der Waals surface area contributed by atoms with Crippen LogP contribution in [0.3, 0.4) is 0 Å². The fourth-order valence-corrected chi connectivity index (χ4v) is 4.69. The van der Waals surface area contributed by atoms with Crippen LogP contribution in [0.15, 0.2) is 12.1 Å². The molecule has 140 valence electrons. The zero-order valence-corrected chi connectivity index (χ0v) is 16.3. The van der Waals surface area contributed by atoms with Crippen molar-refractivity contribution in [3.8, 4) is 11.5 Å². The minimum Gasteiger partial charge on any atom is -0.496 e. The largest absolute Gasteiger partial charge is 0.496 e. The molecule has 2 aliphatic rings. The summed E-state index contributed by atoms with van der Waals surface area (Å²) < 4.78 is 22.5. The monoisotopic (exact) mass is 369 g/mol. The van der Waals surface area contributed by atoms with Gasteiger partial charge < -0.3 is 18.9 Å². The molecule has 0 N–H and O–H groups in total. The molecule has 1 saturated heterocycles. The Labute approximate surface area is 155 Å². The number of methoxy groups -OCH3 is 4. The number of fused-ring (bicyclic) bond motifs is 1. The fraction of sp³-hybridized carbons (Fsp3) is 0.684. The number of benzene rings is 1. The smallest absolute Gasteiger partial charge is 0.141 e. The topological polar surface area (TPSA) is 40.2 Å². The third kappa shape index (κ3) is 3.47. The number of halogens is 1. The van der Waals surface area contributed by atoms with Gasteiger partial charge in [-0.3, -0.25) is 4.90 Å². The van der Waals surface area contributed by atoms with Gasteiger partial charge in [-0.1, -0.05) is 11.6 Å². The highest BCUT2D eigenvalue weighted by Gasteiger charge is 2.51. The Morgan fingerprint density at radius 2 is 1.88 bits per heavy atom. The van der Waals surface area contributed by atoms with E-state index in [1.807, 2.05) is 19.2 Å². The summed E-state index contributed by atoms with van der Waals surface area (Å²) in [6, 6.07) is 4.15. The molecule has 0 radical (unpaired) electrons. The average molecular weight is 370 g/mol. The maximum Gasteiger partial charge on any atom is 0.141 e. The highest BCUT2D eigenvalue weighted by atomic mass is 35.5. The molecular formula is C19H28ClNO4. The molecule has 1 heterocycles. The van der Waals surface area contributed by atoms with Crippen molar-refractivity contribution in [3.63, 3.8) is 0 Å². The quantitative estimate of drug-likeness (QED) is 0.767. The van der Waals surface area contributed by atoms with E-state index in [4.69, 9.17) is 30.5 Å². The molecular weight excluding hydrogens is 342 g/mol. The maximum atomic E-state index is 6.34. The maximum absolute atomic E-state index is 6.34. The summed E-state index contributed by atoms with van der Waals surface area (Å²) in [4.78, 5) is 2.48. The molecule has 0 bridgehead atoms. The first kappa shape index (κ1) is 18.8. The molecule has 0 aromatic heterocycles. The second-order valence-electron chi connectivity index (χ2n) is 6.94. The van der Waals surface area contributed by atoms with Gasteiger partial charge in [0.2, 0.25) is 0 Å². The van der Waals surface area contributed by atoms with E-state index in [2.05, 4.69) is 4.90 Å². The van der Waals surface area contributed by atoms with E-state index in [0.29, 0.717) is 22.9 Å². The van der Waals surface area contributed by atoms with Gasteiger partial charge >= 0.3 is 0 Å². The minimum absolute atomic E-state index is 0.0570. The number of ether oxygens (including phenoxy) is 4. The van der Waals surface area contributed by atoms with Crippen molar-refractivity contribution in [3.05, 3.63) is 22.7 Å². The van der Waals surface area contributed by atoms with Crippen LogP contribution in [-0.4, -0.2) is 57.6 Å². The van der Waals surface area contributed by atoms with Crippen molar-refractivity contribution in [2.75, 3.05) is 35.0 Å². The molecule has 2 fully saturated rings. The lowest BCUT2D eigenvalue weighted by atomic mass is 9.79. The molecule has 0 spiro atoms. The zero-order chi connectivity index (χ0) is 18.0. The van der Waals surface area contributed by atoms with Gasteiger partial charge in [0.05, 0.1) is 30.9 Å². The second-order valence-corrected chi connectivity index (χ2v) is 7.34. The molecule has 5 nitrogen and oxygen atoms in total. The van der Waals surface area contributed by atoms with Crippen LogP contribution in [0.4, 0.5) is 0 Å². The van der Waals surface area contributed by atoms with Crippen LogP contribution < -0.4 is 9.47 Å². The molecule has 1 saturated carbocycles. The lowest BCUT2D eigenvalue weighted by molar-refractivity contribution is -0.0947. The Kier molecular flexibility index (Phi) is 5.78. The lowest BCUT2D eigenvalue weighted by Crippen LogP contribution is -2.51. The molecule has 25 heavy (non-hydrogen) atoms. The number of hydrogen-bond acceptors (Lipinski definition) is 5. The van der Waals surface area contributed by atoms with Crippen LogP contribution >= 0.6 is 11.6 Å². The lowest BCUT2D eigenvalue weighted by Gasteiger charge is -2.43. The Bertz CT molecular complexity index is 611. The van der Waals surface area contributed by atoms with Crippen LogP contribution in [-0.2, 0) is 16.0 Å². The zero-order valence-electron chi connectivity index (χ0n) is 15.5. The van der Waals surface area contributed by atoms with Crippen LogP contribution in [0.1, 0.15) is 31.2 Å². The van der Waals surface area contributed by atoms with E-state index in [-0.39, 0.29) is 5.60 Å². The number of hydrogen-bond donors (Lipinski definition) is 0. The molecule has 3 rings (SSSR count). The third-order valence-corrected chi connectivity index (χ3v) is 6.21. The second kappa shape index (κ2) is 7.70. The van der Waals surface area contributed by atoms with Gasteiger partial charge in [0, 0.05) is 45.0 Å². The Morgan fingerprint density at radius 1 is 1.12 bits per heavy atom. The summed E-state index contributed by atoms with van der Waals surface area (Å²) in [5, 5.41) is 0.605. The Balaban J connectivity index is 1.84. The van der Waals surface area contributed by atoms with E-state index < -0.39 is 0 Å². The van der Waals surface area contributed by atoms with Gasteiger partial charge in [0.1, 0.15) is 11.5 Å². The third-order valence-electron chi connectivity index (χ3n) is 5.91. The first-order valence-corrected chi connectivity index (χ1v) is 9.17. The number of rotatable bonds is 6. The SMILES string of the molecule is COc1cc(OC)c(CN2CC[C@]3(OC)CC[C@@H](OC)C[C@H]23)cc1Cl. The van der Waals surface area contributed by atoms with Gasteiger partial charge in [-0.15, -0.1) is 0 Å². The van der Waals surface area contributed by atoms with E-state index in [9.17, 15) is 0 Å². The standard InChI is InChI=1S/C19H28ClNO4/c1-22-14-5-6-19(25-4)7-8-21(18(19)10-14)12-13-9-15(20)17(24-3)11-16(13)23-2/h9,11,14,18H,5-8,10,12H2,1-4H3/t14-,18+,19-/m1/s1. The van der Waals surface area contributed by atoms with Gasteiger partial charge in [0.25, 0.3) is 0 Å². The molecule has 0 amide bonds. The van der Waals surface area contributed by atoms with E-state index in [1.54, 1.807) is 21.3 Å². The predicted molar refractivity (Wildman–Crippen MR) is 97.8 cm³/mol. The van der Waals surface area contributed by atoms with E-state index in [0.717, 1.165) is 50.1 Å². The average Bonchev–Trinajstić information content (AvgIpc) is 3.00. The van der Waals surface area contributed by atoms with Gasteiger partial charge in [-0.05, 0) is 31.7 Å². The molecule has 0 unspecified atom stereocenters. The number of likely N-dealkylation sites (tertiary alicyclic amines) is 1. The highest BCUT2D eigenvalue weighted by molar-refractivity contribution is 6.32. The summed E-state index contributed by atoms with van der Waals surface area (Å²) in [7, 11) is 6.93. The van der Waals surface area contributed by atoms with E-state index >= 15 is 0 Å². The van der Waals surface area contributed by atoms with Crippen molar-refractivity contribution in [2.45, 2.75) is 50.0 Å². The van der Waals surface area contributed by atoms with Crippen LogP contribution in [0.2, 0.25) is 5.02 Å². The minimum atomic E-state index is -0.0570. The van der Waals surface area contributed by atoms with Gasteiger partial charge in [-0.2, -0.15) is 0 Å². The fourth-order valence-electron chi connectivity index (χ4n) is 4.42. The van der Waals surface area contributed by atoms with Gasteiger partial charge in [-0.25, -0.2) is 0 Å². The van der Waals surface area contributed by atoms with Crippen molar-refractivity contribution in [1.82, 2.24) is 4.90 Å². The molecule has 6 heteroatoms.